The zero-order chi connectivity index (χ0) is 18.3. The van der Waals surface area contributed by atoms with Crippen LogP contribution in [-0.4, -0.2) is 37.8 Å². The maximum absolute atomic E-state index is 13.9. The third-order valence-corrected chi connectivity index (χ3v) is 4.40. The van der Waals surface area contributed by atoms with Crippen molar-refractivity contribution in [1.29, 1.82) is 0 Å². The van der Waals surface area contributed by atoms with E-state index in [2.05, 4.69) is 15.4 Å². The minimum absolute atomic E-state index is 0.0824. The molecule has 3 aromatic rings. The molecule has 0 fully saturated rings. The average molecular weight is 360 g/mol. The van der Waals surface area contributed by atoms with Gasteiger partial charge in [-0.25, -0.2) is 8.78 Å². The maximum atomic E-state index is 13.9. The number of rotatable bonds is 3. The smallest absolute Gasteiger partial charge is 0.292 e. The molecule has 3 heterocycles. The first kappa shape index (κ1) is 16.4. The number of carbonyl (C=O) groups is 1. The number of benzene rings is 1. The van der Waals surface area contributed by atoms with Gasteiger partial charge in [0.1, 0.15) is 17.3 Å². The van der Waals surface area contributed by atoms with E-state index in [0.717, 1.165) is 23.4 Å². The van der Waals surface area contributed by atoms with Gasteiger partial charge in [-0.3, -0.25) is 9.89 Å². The quantitative estimate of drug-likeness (QED) is 0.745. The van der Waals surface area contributed by atoms with Crippen LogP contribution in [0.2, 0.25) is 0 Å². The van der Waals surface area contributed by atoms with Gasteiger partial charge in [-0.1, -0.05) is 11.2 Å². The molecular formula is C17H14F2N4O3. The molecular weight excluding hydrogens is 346 g/mol. The number of nitrogens with zero attached hydrogens (tertiary/aromatic N) is 3. The van der Waals surface area contributed by atoms with Gasteiger partial charge in [0.05, 0.1) is 17.9 Å². The van der Waals surface area contributed by atoms with Crippen LogP contribution >= 0.6 is 0 Å². The van der Waals surface area contributed by atoms with Crippen LogP contribution in [0.15, 0.2) is 28.8 Å². The predicted molar refractivity (Wildman–Crippen MR) is 84.8 cm³/mol. The molecule has 0 aliphatic carbocycles. The zero-order valence-electron chi connectivity index (χ0n) is 13.5. The van der Waals surface area contributed by atoms with Gasteiger partial charge < -0.3 is 14.5 Å². The average Bonchev–Trinajstić information content (AvgIpc) is 3.27. The van der Waals surface area contributed by atoms with Crippen molar-refractivity contribution in [3.8, 4) is 11.3 Å². The first-order valence-corrected chi connectivity index (χ1v) is 7.94. The predicted octanol–water partition coefficient (Wildman–Crippen LogP) is 2.03. The Morgan fingerprint density at radius 1 is 1.35 bits per heavy atom. The molecule has 1 amide bonds. The van der Waals surface area contributed by atoms with Gasteiger partial charge in [0.25, 0.3) is 5.91 Å². The third-order valence-electron chi connectivity index (χ3n) is 4.40. The molecule has 1 aromatic carbocycles. The van der Waals surface area contributed by atoms with Gasteiger partial charge in [-0.15, -0.1) is 0 Å². The first-order chi connectivity index (χ1) is 12.6. The molecule has 2 N–H and O–H groups in total. The fourth-order valence-electron chi connectivity index (χ4n) is 3.05. The molecule has 0 saturated heterocycles. The number of aromatic amines is 1. The van der Waals surface area contributed by atoms with Gasteiger partial charge in [-0.2, -0.15) is 5.10 Å². The Hall–Kier alpha value is -3.07. The summed E-state index contributed by atoms with van der Waals surface area (Å²) in [5, 5.41) is 19.8. The number of nitrogens with one attached hydrogen (secondary N) is 1. The molecule has 2 aromatic heterocycles. The zero-order valence-corrected chi connectivity index (χ0v) is 13.5. The van der Waals surface area contributed by atoms with Crippen LogP contribution < -0.4 is 0 Å². The largest absolute Gasteiger partial charge is 0.390 e. The summed E-state index contributed by atoms with van der Waals surface area (Å²) >= 11 is 0. The number of halogens is 2. The second kappa shape index (κ2) is 6.34. The molecule has 0 bridgehead atoms. The number of fused-ring (bicyclic) bond motifs is 1. The number of carbonyl (C=O) groups excluding carboxylic acids is 1. The highest BCUT2D eigenvalue weighted by molar-refractivity contribution is 5.92. The summed E-state index contributed by atoms with van der Waals surface area (Å²) in [6.45, 7) is 0.445. The van der Waals surface area contributed by atoms with Crippen molar-refractivity contribution < 1.29 is 23.2 Å². The van der Waals surface area contributed by atoms with E-state index in [-0.39, 0.29) is 30.2 Å². The SMILES string of the molecule is O=C(c1cc(-c2c(F)cccc2F)no1)N1CCc2[nH]nc(CO)c2C1. The Kier molecular flexibility index (Phi) is 4.00. The number of aliphatic hydroxyl groups excluding tert-OH is 1. The highest BCUT2D eigenvalue weighted by Gasteiger charge is 2.28. The summed E-state index contributed by atoms with van der Waals surface area (Å²) in [6, 6.07) is 4.68. The summed E-state index contributed by atoms with van der Waals surface area (Å²) < 4.78 is 32.7. The summed E-state index contributed by atoms with van der Waals surface area (Å²) in [6.07, 6.45) is 0.553. The van der Waals surface area contributed by atoms with Crippen molar-refractivity contribution in [3.63, 3.8) is 0 Å². The molecule has 0 unspecified atom stereocenters. The van der Waals surface area contributed by atoms with Crippen molar-refractivity contribution in [1.82, 2.24) is 20.3 Å². The standard InChI is InChI=1S/C17H14F2N4O3/c18-10-2-1-3-11(19)16(10)13-6-15(26-22-13)17(25)23-5-4-12-9(7-23)14(8-24)21-20-12/h1-3,6,24H,4-5,7-8H2,(H,20,21). The van der Waals surface area contributed by atoms with Crippen molar-refractivity contribution in [2.24, 2.45) is 0 Å². The van der Waals surface area contributed by atoms with Crippen LogP contribution in [0.3, 0.4) is 0 Å². The highest BCUT2D eigenvalue weighted by Crippen LogP contribution is 2.27. The van der Waals surface area contributed by atoms with Crippen molar-refractivity contribution in [3.05, 3.63) is 58.6 Å². The lowest BCUT2D eigenvalue weighted by Crippen LogP contribution is -2.35. The Labute approximate surface area is 146 Å². The summed E-state index contributed by atoms with van der Waals surface area (Å²) in [4.78, 5) is 14.2. The highest BCUT2D eigenvalue weighted by atomic mass is 19.1. The van der Waals surface area contributed by atoms with Crippen LogP contribution in [0.5, 0.6) is 0 Å². The van der Waals surface area contributed by atoms with Crippen LogP contribution in [0.4, 0.5) is 8.78 Å². The van der Waals surface area contributed by atoms with E-state index in [4.69, 9.17) is 4.52 Å². The van der Waals surface area contributed by atoms with E-state index in [1.165, 1.54) is 17.0 Å². The molecule has 134 valence electrons. The van der Waals surface area contributed by atoms with Crippen molar-refractivity contribution in [2.75, 3.05) is 6.54 Å². The minimum atomic E-state index is -0.786. The molecule has 0 saturated carbocycles. The van der Waals surface area contributed by atoms with E-state index in [9.17, 15) is 18.7 Å². The van der Waals surface area contributed by atoms with E-state index >= 15 is 0 Å². The van der Waals surface area contributed by atoms with Crippen molar-refractivity contribution >= 4 is 5.91 Å². The Morgan fingerprint density at radius 2 is 2.12 bits per heavy atom. The third kappa shape index (κ3) is 2.66. The fourth-order valence-corrected chi connectivity index (χ4v) is 3.05. The van der Waals surface area contributed by atoms with E-state index in [1.54, 1.807) is 0 Å². The molecule has 7 nitrogen and oxygen atoms in total. The second-order valence-electron chi connectivity index (χ2n) is 5.94. The maximum Gasteiger partial charge on any atom is 0.292 e. The van der Waals surface area contributed by atoms with Crippen LogP contribution in [0, 0.1) is 11.6 Å². The van der Waals surface area contributed by atoms with Crippen LogP contribution in [0.1, 0.15) is 27.5 Å². The first-order valence-electron chi connectivity index (χ1n) is 7.94. The normalized spacial score (nSPS) is 13.7. The Balaban J connectivity index is 1.60. The number of hydrogen-bond donors (Lipinski definition) is 2. The summed E-state index contributed by atoms with van der Waals surface area (Å²) in [5.74, 6) is -2.13. The molecule has 1 aliphatic heterocycles. The molecule has 9 heteroatoms. The fraction of sp³-hybridized carbons (Fsp3) is 0.235. The molecule has 4 rings (SSSR count). The van der Waals surface area contributed by atoms with Crippen molar-refractivity contribution in [2.45, 2.75) is 19.6 Å². The van der Waals surface area contributed by atoms with Gasteiger partial charge in [0.15, 0.2) is 0 Å². The molecule has 1 aliphatic rings. The monoisotopic (exact) mass is 360 g/mol. The van der Waals surface area contributed by atoms with Gasteiger partial charge >= 0.3 is 0 Å². The van der Waals surface area contributed by atoms with E-state index in [1.807, 2.05) is 0 Å². The van der Waals surface area contributed by atoms with Crippen LogP contribution in [-0.2, 0) is 19.6 Å². The van der Waals surface area contributed by atoms with Gasteiger partial charge in [-0.05, 0) is 12.1 Å². The number of H-pyrrole nitrogens is 1. The van der Waals surface area contributed by atoms with E-state index < -0.39 is 17.5 Å². The number of aromatic nitrogens is 3. The van der Waals surface area contributed by atoms with E-state index in [0.29, 0.717) is 18.7 Å². The molecule has 0 radical (unpaired) electrons. The topological polar surface area (TPSA) is 95.3 Å². The van der Waals surface area contributed by atoms with Gasteiger partial charge in [0, 0.05) is 36.8 Å². The molecule has 0 spiro atoms. The van der Waals surface area contributed by atoms with Crippen LogP contribution in [0.25, 0.3) is 11.3 Å². The lowest BCUT2D eigenvalue weighted by Gasteiger charge is -2.26. The number of aliphatic hydroxyl groups is 1. The Bertz CT molecular complexity index is 949. The molecule has 0 atom stereocenters. The second-order valence-corrected chi connectivity index (χ2v) is 5.94. The Morgan fingerprint density at radius 3 is 2.85 bits per heavy atom. The number of hydrogen-bond acceptors (Lipinski definition) is 5. The van der Waals surface area contributed by atoms with Gasteiger partial charge in [0.2, 0.25) is 5.76 Å². The summed E-state index contributed by atoms with van der Waals surface area (Å²) in [7, 11) is 0. The molecule has 26 heavy (non-hydrogen) atoms. The summed E-state index contributed by atoms with van der Waals surface area (Å²) in [5.41, 5.74) is 1.72. The number of amides is 1. The lowest BCUT2D eigenvalue weighted by atomic mass is 10.1. The minimum Gasteiger partial charge on any atom is -0.390 e. The lowest BCUT2D eigenvalue weighted by molar-refractivity contribution is 0.0690.